The van der Waals surface area contributed by atoms with Gasteiger partial charge in [-0.15, -0.1) is 10.2 Å². The molecule has 1 heterocycles. The second kappa shape index (κ2) is 6.20. The Morgan fingerprint density at radius 2 is 2.10 bits per heavy atom. The quantitative estimate of drug-likeness (QED) is 0.897. The van der Waals surface area contributed by atoms with Gasteiger partial charge in [-0.2, -0.15) is 4.80 Å². The summed E-state index contributed by atoms with van der Waals surface area (Å²) in [6, 6.07) is 0.621. The summed E-state index contributed by atoms with van der Waals surface area (Å²) in [5.41, 5.74) is 0.204. The lowest BCUT2D eigenvalue weighted by molar-refractivity contribution is 0.0932. The zero-order valence-electron chi connectivity index (χ0n) is 13.6. The Morgan fingerprint density at radius 3 is 2.70 bits per heavy atom. The van der Waals surface area contributed by atoms with Crippen LogP contribution in [0, 0.1) is 17.3 Å². The third kappa shape index (κ3) is 3.57. The Labute approximate surface area is 122 Å². The van der Waals surface area contributed by atoms with Crippen LogP contribution in [-0.4, -0.2) is 32.8 Å². The molecule has 0 amide bonds. The van der Waals surface area contributed by atoms with Gasteiger partial charge in [0.1, 0.15) is 0 Å². The van der Waals surface area contributed by atoms with Crippen molar-refractivity contribution in [3.63, 3.8) is 0 Å². The third-order valence-corrected chi connectivity index (χ3v) is 4.75. The number of nitrogens with one attached hydrogen (secondary N) is 1. The summed E-state index contributed by atoms with van der Waals surface area (Å²) < 4.78 is 0. The number of tetrazole rings is 1. The van der Waals surface area contributed by atoms with E-state index >= 15 is 0 Å². The zero-order valence-corrected chi connectivity index (χ0v) is 13.6. The Kier molecular flexibility index (Phi) is 4.78. The van der Waals surface area contributed by atoms with E-state index in [0.717, 1.165) is 24.7 Å². The SMILES string of the molecule is CCNC1CC(C)CCC1C(C)(C)Cc1nnn(C)n1. The summed E-state index contributed by atoms with van der Waals surface area (Å²) >= 11 is 0. The largest absolute Gasteiger partial charge is 0.314 e. The Bertz CT molecular complexity index is 426. The van der Waals surface area contributed by atoms with Gasteiger partial charge in [0, 0.05) is 12.5 Å². The van der Waals surface area contributed by atoms with Crippen LogP contribution in [0.5, 0.6) is 0 Å². The van der Waals surface area contributed by atoms with Crippen molar-refractivity contribution in [2.45, 2.75) is 59.4 Å². The van der Waals surface area contributed by atoms with Crippen molar-refractivity contribution in [1.29, 1.82) is 0 Å². The van der Waals surface area contributed by atoms with Crippen molar-refractivity contribution >= 4 is 0 Å². The first-order chi connectivity index (χ1) is 9.42. The van der Waals surface area contributed by atoms with Crippen molar-refractivity contribution in [1.82, 2.24) is 25.5 Å². The highest BCUT2D eigenvalue weighted by atomic mass is 15.6. The topological polar surface area (TPSA) is 55.6 Å². The van der Waals surface area contributed by atoms with Crippen LogP contribution in [-0.2, 0) is 13.5 Å². The molecule has 0 bridgehead atoms. The first kappa shape index (κ1) is 15.4. The van der Waals surface area contributed by atoms with Gasteiger partial charge < -0.3 is 5.32 Å². The van der Waals surface area contributed by atoms with Crippen LogP contribution in [0.2, 0.25) is 0 Å². The first-order valence-electron chi connectivity index (χ1n) is 7.88. The molecule has 5 heteroatoms. The van der Waals surface area contributed by atoms with Crippen LogP contribution in [0.25, 0.3) is 0 Å². The average molecular weight is 279 g/mol. The summed E-state index contributed by atoms with van der Waals surface area (Å²) in [5.74, 6) is 2.38. The molecular weight excluding hydrogens is 250 g/mol. The van der Waals surface area contributed by atoms with Gasteiger partial charge in [0.25, 0.3) is 0 Å². The molecule has 1 aromatic heterocycles. The molecule has 5 nitrogen and oxygen atoms in total. The van der Waals surface area contributed by atoms with Crippen molar-refractivity contribution < 1.29 is 0 Å². The molecule has 3 unspecified atom stereocenters. The minimum absolute atomic E-state index is 0.204. The maximum Gasteiger partial charge on any atom is 0.175 e. The highest BCUT2D eigenvalue weighted by Gasteiger charge is 2.39. The molecule has 3 atom stereocenters. The first-order valence-corrected chi connectivity index (χ1v) is 7.88. The molecule has 0 spiro atoms. The highest BCUT2D eigenvalue weighted by Crippen LogP contribution is 2.41. The van der Waals surface area contributed by atoms with E-state index in [1.165, 1.54) is 19.3 Å². The summed E-state index contributed by atoms with van der Waals surface area (Å²) in [7, 11) is 1.83. The van der Waals surface area contributed by atoms with E-state index in [0.29, 0.717) is 12.0 Å². The molecule has 1 fully saturated rings. The molecule has 0 saturated heterocycles. The van der Waals surface area contributed by atoms with Gasteiger partial charge in [0.2, 0.25) is 0 Å². The predicted octanol–water partition coefficient (Wildman–Crippen LogP) is 2.19. The van der Waals surface area contributed by atoms with Crippen molar-refractivity contribution in [2.75, 3.05) is 6.54 Å². The van der Waals surface area contributed by atoms with Crippen molar-refractivity contribution in [3.8, 4) is 0 Å². The number of aryl methyl sites for hydroxylation is 1. The summed E-state index contributed by atoms with van der Waals surface area (Å²) in [6.45, 7) is 10.3. The minimum Gasteiger partial charge on any atom is -0.314 e. The van der Waals surface area contributed by atoms with E-state index in [2.05, 4.69) is 48.4 Å². The molecule has 114 valence electrons. The van der Waals surface area contributed by atoms with E-state index in [1.807, 2.05) is 7.05 Å². The number of hydrogen-bond donors (Lipinski definition) is 1. The normalized spacial score (nSPS) is 27.8. The fraction of sp³-hybridized carbons (Fsp3) is 0.933. The zero-order chi connectivity index (χ0) is 14.8. The van der Waals surface area contributed by atoms with Crippen molar-refractivity contribution in [3.05, 3.63) is 5.82 Å². The van der Waals surface area contributed by atoms with E-state index in [4.69, 9.17) is 0 Å². The molecule has 1 aromatic rings. The minimum atomic E-state index is 0.204. The van der Waals surface area contributed by atoms with Crippen LogP contribution < -0.4 is 5.32 Å². The molecule has 1 aliphatic rings. The summed E-state index contributed by atoms with van der Waals surface area (Å²) in [6.07, 6.45) is 4.83. The van der Waals surface area contributed by atoms with E-state index in [-0.39, 0.29) is 5.41 Å². The van der Waals surface area contributed by atoms with Gasteiger partial charge in [-0.25, -0.2) is 0 Å². The molecule has 0 aliphatic heterocycles. The monoisotopic (exact) mass is 279 g/mol. The predicted molar refractivity (Wildman–Crippen MR) is 80.3 cm³/mol. The Hall–Kier alpha value is -0.970. The van der Waals surface area contributed by atoms with Gasteiger partial charge in [0.05, 0.1) is 7.05 Å². The maximum absolute atomic E-state index is 4.35. The fourth-order valence-electron chi connectivity index (χ4n) is 3.74. The van der Waals surface area contributed by atoms with Gasteiger partial charge in [-0.1, -0.05) is 34.1 Å². The number of rotatable bonds is 5. The van der Waals surface area contributed by atoms with Crippen LogP contribution >= 0.6 is 0 Å². The van der Waals surface area contributed by atoms with Crippen LogP contribution in [0.1, 0.15) is 52.8 Å². The lowest BCUT2D eigenvalue weighted by Crippen LogP contribution is -2.47. The molecule has 2 rings (SSSR count). The maximum atomic E-state index is 4.35. The molecule has 0 aromatic carbocycles. The van der Waals surface area contributed by atoms with Crippen molar-refractivity contribution in [2.24, 2.45) is 24.3 Å². The van der Waals surface area contributed by atoms with E-state index < -0.39 is 0 Å². The molecule has 20 heavy (non-hydrogen) atoms. The van der Waals surface area contributed by atoms with Gasteiger partial charge in [-0.05, 0) is 41.9 Å². The van der Waals surface area contributed by atoms with E-state index in [9.17, 15) is 0 Å². The van der Waals surface area contributed by atoms with Gasteiger partial charge in [0.15, 0.2) is 5.82 Å². The summed E-state index contributed by atoms with van der Waals surface area (Å²) in [4.78, 5) is 1.55. The standard InChI is InChI=1S/C15H29N5/c1-6-16-13-9-11(2)7-8-12(13)15(3,4)10-14-17-19-20(5)18-14/h11-13,16H,6-10H2,1-5H3. The molecule has 1 N–H and O–H groups in total. The number of aromatic nitrogens is 4. The van der Waals surface area contributed by atoms with Crippen LogP contribution in [0.15, 0.2) is 0 Å². The van der Waals surface area contributed by atoms with Gasteiger partial charge in [-0.3, -0.25) is 0 Å². The average Bonchev–Trinajstić information content (AvgIpc) is 2.74. The smallest absolute Gasteiger partial charge is 0.175 e. The number of nitrogens with zero attached hydrogens (tertiary/aromatic N) is 4. The second-order valence-corrected chi connectivity index (χ2v) is 7.05. The Morgan fingerprint density at radius 1 is 1.35 bits per heavy atom. The molecule has 0 radical (unpaired) electrons. The third-order valence-electron chi connectivity index (χ3n) is 4.75. The lowest BCUT2D eigenvalue weighted by Gasteiger charge is -2.44. The molecular formula is C15H29N5. The number of hydrogen-bond acceptors (Lipinski definition) is 4. The van der Waals surface area contributed by atoms with E-state index in [1.54, 1.807) is 4.80 Å². The van der Waals surface area contributed by atoms with Gasteiger partial charge >= 0.3 is 0 Å². The second-order valence-electron chi connectivity index (χ2n) is 7.05. The summed E-state index contributed by atoms with van der Waals surface area (Å²) in [5, 5.41) is 16.2. The Balaban J connectivity index is 2.09. The lowest BCUT2D eigenvalue weighted by atomic mass is 9.65. The fourth-order valence-corrected chi connectivity index (χ4v) is 3.74. The highest BCUT2D eigenvalue weighted by molar-refractivity contribution is 4.96. The molecule has 1 saturated carbocycles. The van der Waals surface area contributed by atoms with Crippen LogP contribution in [0.4, 0.5) is 0 Å². The van der Waals surface area contributed by atoms with Crippen LogP contribution in [0.3, 0.4) is 0 Å². The molecule has 1 aliphatic carbocycles.